The summed E-state index contributed by atoms with van der Waals surface area (Å²) in [5.74, 6) is 0.464. The van der Waals surface area contributed by atoms with E-state index in [0.29, 0.717) is 42.5 Å². The van der Waals surface area contributed by atoms with Gasteiger partial charge in [-0.25, -0.2) is 4.79 Å². The number of benzene rings is 2. The standard InChI is InChI=1S/C23H23N3O6/c1-25-13-18(12-24-25)16-4-6-19(17(11-16)14-26-7-8-31-23(26)29)32-21-9-15(10-22(27)28)3-5-20(21)30-2/h3-6,9,11-13H,7-8,10,14H2,1-2H3,(H,27,28). The number of carbonyl (C=O) groups is 2. The third-order valence-corrected chi connectivity index (χ3v) is 5.11. The van der Waals surface area contributed by atoms with Gasteiger partial charge in [-0.05, 0) is 35.4 Å². The SMILES string of the molecule is COc1ccc(CC(=O)O)cc1Oc1ccc(-c2cnn(C)c2)cc1CN1CCOC1=O. The lowest BCUT2D eigenvalue weighted by molar-refractivity contribution is -0.136. The van der Waals surface area contributed by atoms with E-state index in [0.717, 1.165) is 16.7 Å². The van der Waals surface area contributed by atoms with Gasteiger partial charge in [-0.2, -0.15) is 5.10 Å². The summed E-state index contributed by atoms with van der Waals surface area (Å²) < 4.78 is 18.4. The first-order valence-electron chi connectivity index (χ1n) is 10.0. The van der Waals surface area contributed by atoms with E-state index in [1.54, 1.807) is 34.0 Å². The van der Waals surface area contributed by atoms with Gasteiger partial charge >= 0.3 is 12.1 Å². The molecule has 9 heteroatoms. The number of nitrogens with zero attached hydrogens (tertiary/aromatic N) is 3. The molecular formula is C23H23N3O6. The van der Waals surface area contributed by atoms with Gasteiger partial charge in [-0.15, -0.1) is 0 Å². The van der Waals surface area contributed by atoms with E-state index < -0.39 is 5.97 Å². The summed E-state index contributed by atoms with van der Waals surface area (Å²) in [6.45, 7) is 1.15. The molecule has 166 valence electrons. The average molecular weight is 437 g/mol. The van der Waals surface area contributed by atoms with Crippen molar-refractivity contribution in [3.8, 4) is 28.4 Å². The van der Waals surface area contributed by atoms with Gasteiger partial charge in [0.1, 0.15) is 12.4 Å². The summed E-state index contributed by atoms with van der Waals surface area (Å²) >= 11 is 0. The maximum atomic E-state index is 12.0. The van der Waals surface area contributed by atoms with Crippen LogP contribution in [-0.4, -0.2) is 52.1 Å². The molecule has 0 atom stereocenters. The summed E-state index contributed by atoms with van der Waals surface area (Å²) in [5, 5.41) is 13.3. The van der Waals surface area contributed by atoms with E-state index in [1.807, 2.05) is 31.4 Å². The predicted octanol–water partition coefficient (Wildman–Crippen LogP) is 3.47. The highest BCUT2D eigenvalue weighted by Crippen LogP contribution is 2.36. The van der Waals surface area contributed by atoms with E-state index in [9.17, 15) is 9.59 Å². The molecule has 3 aromatic rings. The molecule has 0 unspecified atom stereocenters. The zero-order chi connectivity index (χ0) is 22.7. The zero-order valence-corrected chi connectivity index (χ0v) is 17.8. The van der Waals surface area contributed by atoms with Gasteiger partial charge in [-0.1, -0.05) is 12.1 Å². The first kappa shape index (κ1) is 21.2. The third kappa shape index (κ3) is 4.66. The van der Waals surface area contributed by atoms with E-state index in [1.165, 1.54) is 7.11 Å². The number of carboxylic acid groups (broad SMARTS) is 1. The number of carboxylic acids is 1. The highest BCUT2D eigenvalue weighted by molar-refractivity contribution is 5.71. The summed E-state index contributed by atoms with van der Waals surface area (Å²) in [7, 11) is 3.37. The van der Waals surface area contributed by atoms with E-state index in [2.05, 4.69) is 5.10 Å². The van der Waals surface area contributed by atoms with Gasteiger partial charge in [0.15, 0.2) is 11.5 Å². The maximum absolute atomic E-state index is 12.0. The van der Waals surface area contributed by atoms with Crippen LogP contribution in [0, 0.1) is 0 Å². The van der Waals surface area contributed by atoms with Crippen molar-refractivity contribution in [3.05, 3.63) is 59.9 Å². The number of aryl methyl sites for hydroxylation is 1. The molecule has 2 heterocycles. The number of carbonyl (C=O) groups excluding carboxylic acids is 1. The molecule has 1 amide bonds. The molecule has 0 radical (unpaired) electrons. The van der Waals surface area contributed by atoms with Crippen LogP contribution in [0.15, 0.2) is 48.8 Å². The second kappa shape index (κ2) is 9.01. The number of cyclic esters (lactones) is 1. The topological polar surface area (TPSA) is 103 Å². The molecule has 1 aliphatic rings. The van der Waals surface area contributed by atoms with E-state index >= 15 is 0 Å². The van der Waals surface area contributed by atoms with Crippen molar-refractivity contribution in [2.45, 2.75) is 13.0 Å². The van der Waals surface area contributed by atoms with Crippen molar-refractivity contribution in [2.24, 2.45) is 7.05 Å². The van der Waals surface area contributed by atoms with Crippen LogP contribution in [0.2, 0.25) is 0 Å². The van der Waals surface area contributed by atoms with Crippen LogP contribution in [0.3, 0.4) is 0 Å². The average Bonchev–Trinajstić information content (AvgIpc) is 3.37. The van der Waals surface area contributed by atoms with Crippen molar-refractivity contribution in [3.63, 3.8) is 0 Å². The predicted molar refractivity (Wildman–Crippen MR) is 115 cm³/mol. The molecule has 2 aromatic carbocycles. The van der Waals surface area contributed by atoms with Crippen molar-refractivity contribution >= 4 is 12.1 Å². The number of hydrogen-bond donors (Lipinski definition) is 1. The number of ether oxygens (including phenoxy) is 3. The lowest BCUT2D eigenvalue weighted by Crippen LogP contribution is -2.23. The number of methoxy groups -OCH3 is 1. The Balaban J connectivity index is 1.71. The Morgan fingerprint density at radius 3 is 2.62 bits per heavy atom. The van der Waals surface area contributed by atoms with Gasteiger partial charge in [-0.3, -0.25) is 9.48 Å². The summed E-state index contributed by atoms with van der Waals surface area (Å²) in [6, 6.07) is 10.7. The highest BCUT2D eigenvalue weighted by Gasteiger charge is 2.24. The molecule has 1 fully saturated rings. The Morgan fingerprint density at radius 1 is 1.16 bits per heavy atom. The monoisotopic (exact) mass is 437 g/mol. The van der Waals surface area contributed by atoms with Gasteiger partial charge in [0.05, 0.1) is 32.8 Å². The smallest absolute Gasteiger partial charge is 0.410 e. The second-order valence-corrected chi connectivity index (χ2v) is 7.42. The Hall–Kier alpha value is -4.01. The number of rotatable bonds is 8. The Bertz CT molecular complexity index is 1160. The van der Waals surface area contributed by atoms with Gasteiger partial charge in [0.2, 0.25) is 0 Å². The lowest BCUT2D eigenvalue weighted by Gasteiger charge is -2.18. The quantitative estimate of drug-likeness (QED) is 0.576. The van der Waals surface area contributed by atoms with Crippen molar-refractivity contribution in [1.29, 1.82) is 0 Å². The molecule has 9 nitrogen and oxygen atoms in total. The lowest BCUT2D eigenvalue weighted by atomic mass is 10.0. The Morgan fingerprint density at radius 2 is 1.97 bits per heavy atom. The van der Waals surface area contributed by atoms with Crippen LogP contribution in [0.25, 0.3) is 11.1 Å². The number of hydrogen-bond acceptors (Lipinski definition) is 6. The van der Waals surface area contributed by atoms with Crippen LogP contribution >= 0.6 is 0 Å². The van der Waals surface area contributed by atoms with Crippen molar-refractivity contribution in [2.75, 3.05) is 20.3 Å². The molecule has 32 heavy (non-hydrogen) atoms. The summed E-state index contributed by atoms with van der Waals surface area (Å²) in [6.07, 6.45) is 3.17. The fraction of sp³-hybridized carbons (Fsp3) is 0.261. The molecule has 0 bridgehead atoms. The van der Waals surface area contributed by atoms with Crippen LogP contribution in [-0.2, 0) is 29.5 Å². The number of amides is 1. The first-order chi connectivity index (χ1) is 15.4. The molecule has 1 aromatic heterocycles. The highest BCUT2D eigenvalue weighted by atomic mass is 16.6. The Labute approximate surface area is 184 Å². The minimum Gasteiger partial charge on any atom is -0.493 e. The van der Waals surface area contributed by atoms with Crippen LogP contribution in [0.4, 0.5) is 4.79 Å². The maximum Gasteiger partial charge on any atom is 0.410 e. The molecular weight excluding hydrogens is 414 g/mol. The minimum absolute atomic E-state index is 0.132. The second-order valence-electron chi connectivity index (χ2n) is 7.42. The molecule has 0 spiro atoms. The number of aromatic nitrogens is 2. The van der Waals surface area contributed by atoms with Gasteiger partial charge < -0.3 is 24.2 Å². The molecule has 0 aliphatic carbocycles. The number of aliphatic carboxylic acids is 1. The first-order valence-corrected chi connectivity index (χ1v) is 10.0. The minimum atomic E-state index is -0.935. The normalized spacial score (nSPS) is 13.2. The van der Waals surface area contributed by atoms with Crippen LogP contribution in [0.1, 0.15) is 11.1 Å². The van der Waals surface area contributed by atoms with Crippen LogP contribution < -0.4 is 9.47 Å². The van der Waals surface area contributed by atoms with Gasteiger partial charge in [0.25, 0.3) is 0 Å². The summed E-state index contributed by atoms with van der Waals surface area (Å²) in [5.41, 5.74) is 3.23. The van der Waals surface area contributed by atoms with Crippen molar-refractivity contribution < 1.29 is 28.9 Å². The molecule has 1 N–H and O–H groups in total. The Kier molecular flexibility index (Phi) is 5.98. The fourth-order valence-electron chi connectivity index (χ4n) is 3.53. The molecule has 1 aliphatic heterocycles. The molecule has 4 rings (SSSR count). The van der Waals surface area contributed by atoms with E-state index in [4.69, 9.17) is 19.3 Å². The van der Waals surface area contributed by atoms with Crippen LogP contribution in [0.5, 0.6) is 17.2 Å². The summed E-state index contributed by atoms with van der Waals surface area (Å²) in [4.78, 5) is 24.7. The molecule has 0 saturated carbocycles. The van der Waals surface area contributed by atoms with Gasteiger partial charge in [0, 0.05) is 24.4 Å². The zero-order valence-electron chi connectivity index (χ0n) is 17.8. The fourth-order valence-corrected chi connectivity index (χ4v) is 3.53. The van der Waals surface area contributed by atoms with Crippen molar-refractivity contribution in [1.82, 2.24) is 14.7 Å². The largest absolute Gasteiger partial charge is 0.493 e. The third-order valence-electron chi connectivity index (χ3n) is 5.11. The molecule has 1 saturated heterocycles. The van der Waals surface area contributed by atoms with E-state index in [-0.39, 0.29) is 12.5 Å².